The van der Waals surface area contributed by atoms with Crippen molar-refractivity contribution in [2.75, 3.05) is 24.3 Å². The smallest absolute Gasteiger partial charge is 0.158 e. The first kappa shape index (κ1) is 14.7. The number of rotatable bonds is 7. The van der Waals surface area contributed by atoms with Crippen LogP contribution in [0, 0.1) is 6.92 Å². The summed E-state index contributed by atoms with van der Waals surface area (Å²) in [6.07, 6.45) is 1.88. The summed E-state index contributed by atoms with van der Waals surface area (Å²) in [6.45, 7) is 5.72. The molecule has 6 nitrogen and oxygen atoms in total. The standard InChI is InChI=1S/C13H19N5OS/c1-4-19-8-13-17-11(14-3)5-12(18-13)16-7-10-6-15-9(2)20-10/h5-6H,4,7-8H2,1-3H3,(H2,14,16,17,18). The second kappa shape index (κ2) is 7.16. The van der Waals surface area contributed by atoms with Crippen LogP contribution in [0.3, 0.4) is 0 Å². The SMILES string of the molecule is CCOCc1nc(NC)cc(NCc2cnc(C)s2)n1. The Bertz CT molecular complexity index is 557. The van der Waals surface area contributed by atoms with E-state index < -0.39 is 0 Å². The van der Waals surface area contributed by atoms with Crippen LogP contribution in [0.4, 0.5) is 11.6 Å². The van der Waals surface area contributed by atoms with Crippen molar-refractivity contribution in [3.05, 3.63) is 28.0 Å². The first-order valence-corrected chi connectivity index (χ1v) is 7.31. The molecule has 7 heteroatoms. The monoisotopic (exact) mass is 293 g/mol. The Balaban J connectivity index is 2.05. The molecule has 2 rings (SSSR count). The lowest BCUT2D eigenvalue weighted by Gasteiger charge is -2.09. The number of nitrogens with one attached hydrogen (secondary N) is 2. The van der Waals surface area contributed by atoms with Gasteiger partial charge in [0.1, 0.15) is 18.2 Å². The zero-order chi connectivity index (χ0) is 14.4. The van der Waals surface area contributed by atoms with E-state index in [0.29, 0.717) is 25.6 Å². The van der Waals surface area contributed by atoms with Crippen LogP contribution in [0.15, 0.2) is 12.3 Å². The van der Waals surface area contributed by atoms with Crippen LogP contribution in [-0.4, -0.2) is 28.6 Å². The van der Waals surface area contributed by atoms with Crippen LogP contribution >= 0.6 is 11.3 Å². The summed E-state index contributed by atoms with van der Waals surface area (Å²) >= 11 is 1.68. The second-order valence-corrected chi connectivity index (χ2v) is 5.46. The molecular formula is C13H19N5OS. The highest BCUT2D eigenvalue weighted by atomic mass is 32.1. The molecule has 0 fully saturated rings. The Morgan fingerprint density at radius 2 is 2.10 bits per heavy atom. The van der Waals surface area contributed by atoms with Crippen LogP contribution in [0.1, 0.15) is 22.6 Å². The molecule has 0 aromatic carbocycles. The van der Waals surface area contributed by atoms with E-state index in [4.69, 9.17) is 4.74 Å². The lowest BCUT2D eigenvalue weighted by atomic mass is 10.4. The van der Waals surface area contributed by atoms with Gasteiger partial charge in [-0.15, -0.1) is 11.3 Å². The maximum Gasteiger partial charge on any atom is 0.158 e. The lowest BCUT2D eigenvalue weighted by Crippen LogP contribution is -2.07. The number of nitrogens with zero attached hydrogens (tertiary/aromatic N) is 3. The second-order valence-electron chi connectivity index (χ2n) is 4.14. The molecular weight excluding hydrogens is 274 g/mol. The zero-order valence-corrected chi connectivity index (χ0v) is 12.8. The van der Waals surface area contributed by atoms with Crippen LogP contribution in [0.2, 0.25) is 0 Å². The maximum atomic E-state index is 5.35. The van der Waals surface area contributed by atoms with Crippen molar-refractivity contribution in [2.24, 2.45) is 0 Å². The van der Waals surface area contributed by atoms with E-state index in [1.165, 1.54) is 4.88 Å². The van der Waals surface area contributed by atoms with E-state index in [1.807, 2.05) is 33.2 Å². The molecule has 2 heterocycles. The van der Waals surface area contributed by atoms with Gasteiger partial charge < -0.3 is 15.4 Å². The minimum Gasteiger partial charge on any atom is -0.374 e. The fraction of sp³-hybridized carbons (Fsp3) is 0.462. The summed E-state index contributed by atoms with van der Waals surface area (Å²) in [4.78, 5) is 14.2. The molecule has 0 atom stereocenters. The predicted octanol–water partition coefficient (Wildman–Crippen LogP) is 2.43. The van der Waals surface area contributed by atoms with Crippen molar-refractivity contribution in [3.63, 3.8) is 0 Å². The molecule has 0 spiro atoms. The third kappa shape index (κ3) is 4.14. The van der Waals surface area contributed by atoms with Crippen molar-refractivity contribution >= 4 is 23.0 Å². The summed E-state index contributed by atoms with van der Waals surface area (Å²) in [7, 11) is 1.84. The number of ether oxygens (including phenoxy) is 1. The van der Waals surface area contributed by atoms with Gasteiger partial charge >= 0.3 is 0 Å². The molecule has 0 unspecified atom stereocenters. The van der Waals surface area contributed by atoms with Crippen molar-refractivity contribution in [3.8, 4) is 0 Å². The van der Waals surface area contributed by atoms with Crippen LogP contribution in [0.25, 0.3) is 0 Å². The molecule has 0 saturated heterocycles. The minimum atomic E-state index is 0.417. The molecule has 0 amide bonds. The highest BCUT2D eigenvalue weighted by Gasteiger charge is 2.05. The molecule has 0 aliphatic heterocycles. The Hall–Kier alpha value is -1.73. The molecule has 2 N–H and O–H groups in total. The van der Waals surface area contributed by atoms with Gasteiger partial charge in [0.15, 0.2) is 5.82 Å². The Labute approximate surface area is 122 Å². The van der Waals surface area contributed by atoms with Crippen molar-refractivity contribution < 1.29 is 4.74 Å². The van der Waals surface area contributed by atoms with E-state index in [2.05, 4.69) is 25.6 Å². The molecule has 0 aliphatic carbocycles. The van der Waals surface area contributed by atoms with Crippen molar-refractivity contribution in [1.82, 2.24) is 15.0 Å². The Kier molecular flexibility index (Phi) is 5.25. The van der Waals surface area contributed by atoms with Gasteiger partial charge in [0.05, 0.1) is 11.6 Å². The first-order valence-electron chi connectivity index (χ1n) is 6.50. The number of hydrogen-bond donors (Lipinski definition) is 2. The number of hydrogen-bond acceptors (Lipinski definition) is 7. The highest BCUT2D eigenvalue weighted by Crippen LogP contribution is 2.16. The van der Waals surface area contributed by atoms with Gasteiger partial charge in [-0.3, -0.25) is 0 Å². The fourth-order valence-corrected chi connectivity index (χ4v) is 2.37. The molecule has 0 radical (unpaired) electrons. The molecule has 0 saturated carbocycles. The van der Waals surface area contributed by atoms with E-state index in [1.54, 1.807) is 11.3 Å². The number of aryl methyl sites for hydroxylation is 1. The van der Waals surface area contributed by atoms with E-state index >= 15 is 0 Å². The molecule has 0 aliphatic rings. The van der Waals surface area contributed by atoms with Gasteiger partial charge in [0.2, 0.25) is 0 Å². The topological polar surface area (TPSA) is 72.0 Å². The zero-order valence-electron chi connectivity index (χ0n) is 11.9. The normalized spacial score (nSPS) is 10.6. The van der Waals surface area contributed by atoms with Gasteiger partial charge in [-0.2, -0.15) is 0 Å². The van der Waals surface area contributed by atoms with Gasteiger partial charge in [-0.1, -0.05) is 0 Å². The summed E-state index contributed by atoms with van der Waals surface area (Å²) in [5.41, 5.74) is 0. The van der Waals surface area contributed by atoms with Crippen LogP contribution < -0.4 is 10.6 Å². The van der Waals surface area contributed by atoms with Gasteiger partial charge in [-0.05, 0) is 13.8 Å². The van der Waals surface area contributed by atoms with E-state index in [-0.39, 0.29) is 0 Å². The third-order valence-corrected chi connectivity index (χ3v) is 3.49. The summed E-state index contributed by atoms with van der Waals surface area (Å²) in [5, 5.41) is 7.39. The summed E-state index contributed by atoms with van der Waals surface area (Å²) < 4.78 is 5.35. The van der Waals surface area contributed by atoms with Crippen LogP contribution in [-0.2, 0) is 17.9 Å². The van der Waals surface area contributed by atoms with Gasteiger partial charge in [-0.25, -0.2) is 15.0 Å². The molecule has 2 aromatic heterocycles. The predicted molar refractivity (Wildman–Crippen MR) is 81.1 cm³/mol. The average molecular weight is 293 g/mol. The third-order valence-electron chi connectivity index (χ3n) is 2.58. The van der Waals surface area contributed by atoms with Crippen molar-refractivity contribution in [2.45, 2.75) is 27.0 Å². The lowest BCUT2D eigenvalue weighted by molar-refractivity contribution is 0.128. The largest absolute Gasteiger partial charge is 0.374 e. The molecule has 20 heavy (non-hydrogen) atoms. The van der Waals surface area contributed by atoms with Gasteiger partial charge in [0.25, 0.3) is 0 Å². The molecule has 2 aromatic rings. The van der Waals surface area contributed by atoms with Gasteiger partial charge in [0, 0.05) is 30.8 Å². The fourth-order valence-electron chi connectivity index (χ4n) is 1.64. The number of thiazole rings is 1. The van der Waals surface area contributed by atoms with Crippen LogP contribution in [0.5, 0.6) is 0 Å². The average Bonchev–Trinajstić information content (AvgIpc) is 2.88. The summed E-state index contributed by atoms with van der Waals surface area (Å²) in [6, 6.07) is 1.88. The van der Waals surface area contributed by atoms with E-state index in [9.17, 15) is 0 Å². The Morgan fingerprint density at radius 1 is 1.30 bits per heavy atom. The molecule has 108 valence electrons. The first-order chi connectivity index (χ1) is 9.71. The highest BCUT2D eigenvalue weighted by molar-refractivity contribution is 7.11. The Morgan fingerprint density at radius 3 is 2.75 bits per heavy atom. The maximum absolute atomic E-state index is 5.35. The molecule has 0 bridgehead atoms. The minimum absolute atomic E-state index is 0.417. The van der Waals surface area contributed by atoms with E-state index in [0.717, 1.165) is 16.6 Å². The van der Waals surface area contributed by atoms with Crippen molar-refractivity contribution in [1.29, 1.82) is 0 Å². The number of anilines is 2. The number of aromatic nitrogens is 3. The quantitative estimate of drug-likeness (QED) is 0.817. The summed E-state index contributed by atoms with van der Waals surface area (Å²) in [5.74, 6) is 2.23.